The molecular formula is C13H23ClN2O. The summed E-state index contributed by atoms with van der Waals surface area (Å²) in [5.74, 6) is 0.476. The van der Waals surface area contributed by atoms with Crippen LogP contribution >= 0.6 is 0 Å². The standard InChI is InChI=1S/C13H22N2O.ClH/c16-12-11-7-3-1-4-8-13(14-11)9-5-2-6-10-15(12)13;/h11,14H,1-10H2;1H. The van der Waals surface area contributed by atoms with Gasteiger partial charge in [0.25, 0.3) is 0 Å². The molecule has 98 valence electrons. The summed E-state index contributed by atoms with van der Waals surface area (Å²) in [6.45, 7) is 1.07. The molecule has 3 saturated heterocycles. The maximum atomic E-state index is 12.4. The van der Waals surface area contributed by atoms with E-state index in [4.69, 9.17) is 0 Å². The van der Waals surface area contributed by atoms with Crippen LogP contribution in [0.1, 0.15) is 57.8 Å². The topological polar surface area (TPSA) is 33.5 Å². The van der Waals surface area contributed by atoms with E-state index in [0.29, 0.717) is 5.91 Å². The van der Waals surface area contributed by atoms with Crippen molar-refractivity contribution < 1.29 is 22.1 Å². The summed E-state index contributed by atoms with van der Waals surface area (Å²) >= 11 is 0. The van der Waals surface area contributed by atoms with Gasteiger partial charge in [-0.25, -0.2) is 10.1 Å². The summed E-state index contributed by atoms with van der Waals surface area (Å²) < 4.78 is 0. The lowest BCUT2D eigenvalue weighted by molar-refractivity contribution is -0.872. The van der Waals surface area contributed by atoms with Crippen LogP contribution in [0.2, 0.25) is 0 Å². The van der Waals surface area contributed by atoms with Gasteiger partial charge in [0.2, 0.25) is 0 Å². The third kappa shape index (κ3) is 2.25. The van der Waals surface area contributed by atoms with Gasteiger partial charge in [0.1, 0.15) is 6.04 Å². The maximum Gasteiger partial charge on any atom is 0.330 e. The lowest BCUT2D eigenvalue weighted by Crippen LogP contribution is -3.21. The highest BCUT2D eigenvalue weighted by molar-refractivity contribution is 5.75. The number of carbonyl (C=O) groups is 1. The zero-order valence-electron chi connectivity index (χ0n) is 10.4. The van der Waals surface area contributed by atoms with E-state index in [2.05, 4.69) is 5.32 Å². The van der Waals surface area contributed by atoms with Gasteiger partial charge in [-0.15, -0.1) is 0 Å². The molecule has 3 aliphatic heterocycles. The summed E-state index contributed by atoms with van der Waals surface area (Å²) in [5, 5.41) is 3.71. The second kappa shape index (κ2) is 5.25. The molecule has 2 bridgehead atoms. The smallest absolute Gasteiger partial charge is 0.330 e. The average Bonchev–Trinajstić information content (AvgIpc) is 2.43. The third-order valence-corrected chi connectivity index (χ3v) is 4.77. The van der Waals surface area contributed by atoms with Crippen molar-refractivity contribution in [2.24, 2.45) is 0 Å². The predicted octanol–water partition coefficient (Wildman–Crippen LogP) is -2.39. The molecule has 3 atom stereocenters. The van der Waals surface area contributed by atoms with Crippen molar-refractivity contribution in [2.45, 2.75) is 69.5 Å². The van der Waals surface area contributed by atoms with Crippen LogP contribution in [0.15, 0.2) is 0 Å². The van der Waals surface area contributed by atoms with Crippen LogP contribution in [0.3, 0.4) is 0 Å². The number of hydrogen-bond acceptors (Lipinski definition) is 2. The van der Waals surface area contributed by atoms with Gasteiger partial charge in [0.15, 0.2) is 5.66 Å². The first-order valence-electron chi connectivity index (χ1n) is 7.00. The van der Waals surface area contributed by atoms with E-state index in [1.54, 1.807) is 0 Å². The Morgan fingerprint density at radius 2 is 1.76 bits per heavy atom. The van der Waals surface area contributed by atoms with Crippen LogP contribution < -0.4 is 22.6 Å². The molecule has 0 aliphatic carbocycles. The minimum atomic E-state index is 0. The van der Waals surface area contributed by atoms with E-state index in [9.17, 15) is 4.79 Å². The molecule has 3 aliphatic rings. The first-order valence-corrected chi connectivity index (χ1v) is 7.00. The minimum Gasteiger partial charge on any atom is -1.00 e. The number of nitrogens with one attached hydrogen (secondary N) is 2. The van der Waals surface area contributed by atoms with E-state index in [1.165, 1.54) is 56.3 Å². The number of hydrogen-bond donors (Lipinski definition) is 2. The molecule has 4 heteroatoms. The summed E-state index contributed by atoms with van der Waals surface area (Å²) in [7, 11) is 0. The lowest BCUT2D eigenvalue weighted by Gasteiger charge is -2.32. The van der Waals surface area contributed by atoms with Crippen LogP contribution in [0.25, 0.3) is 0 Å². The van der Waals surface area contributed by atoms with Crippen molar-refractivity contribution in [3.63, 3.8) is 0 Å². The van der Waals surface area contributed by atoms with Crippen molar-refractivity contribution in [3.05, 3.63) is 0 Å². The first kappa shape index (κ1) is 13.3. The molecule has 0 radical (unpaired) electrons. The Balaban J connectivity index is 0.00000108. The Labute approximate surface area is 110 Å². The van der Waals surface area contributed by atoms with Crippen molar-refractivity contribution in [1.29, 1.82) is 0 Å². The SMILES string of the molecule is O=C1C2CCCCCC3(CCCCC[NH+]13)N2.[Cl-]. The van der Waals surface area contributed by atoms with Crippen molar-refractivity contribution in [2.75, 3.05) is 6.54 Å². The molecule has 0 saturated carbocycles. The van der Waals surface area contributed by atoms with Crippen LogP contribution in [-0.2, 0) is 4.79 Å². The Bertz CT molecular complexity index is 297. The van der Waals surface area contributed by atoms with Gasteiger partial charge in [-0.2, -0.15) is 0 Å². The Morgan fingerprint density at radius 3 is 2.53 bits per heavy atom. The number of carbonyl (C=O) groups excluding carboxylic acids is 1. The van der Waals surface area contributed by atoms with E-state index in [1.807, 2.05) is 0 Å². The molecule has 3 heterocycles. The normalized spacial score (nSPS) is 41.8. The Kier molecular flexibility index (Phi) is 4.11. The zero-order valence-corrected chi connectivity index (χ0v) is 11.2. The molecule has 1 spiro atoms. The number of fused-ring (bicyclic) bond motifs is 1. The molecule has 0 aromatic heterocycles. The van der Waals surface area contributed by atoms with E-state index in [-0.39, 0.29) is 24.1 Å². The summed E-state index contributed by atoms with van der Waals surface area (Å²) in [4.78, 5) is 13.6. The van der Waals surface area contributed by atoms with Gasteiger partial charge in [-0.1, -0.05) is 12.8 Å². The Morgan fingerprint density at radius 1 is 1.06 bits per heavy atom. The van der Waals surface area contributed by atoms with E-state index < -0.39 is 0 Å². The average molecular weight is 259 g/mol. The molecule has 3 unspecified atom stereocenters. The van der Waals surface area contributed by atoms with Gasteiger partial charge < -0.3 is 12.4 Å². The van der Waals surface area contributed by atoms with Crippen molar-refractivity contribution in [1.82, 2.24) is 5.32 Å². The van der Waals surface area contributed by atoms with Crippen molar-refractivity contribution in [3.8, 4) is 0 Å². The number of amides is 1. The highest BCUT2D eigenvalue weighted by Crippen LogP contribution is 2.27. The predicted molar refractivity (Wildman–Crippen MR) is 62.0 cm³/mol. The summed E-state index contributed by atoms with van der Waals surface area (Å²) in [6.07, 6.45) is 11.2. The monoisotopic (exact) mass is 258 g/mol. The molecule has 1 amide bonds. The van der Waals surface area contributed by atoms with E-state index >= 15 is 0 Å². The number of rotatable bonds is 0. The van der Waals surface area contributed by atoms with Crippen LogP contribution in [0.4, 0.5) is 0 Å². The zero-order chi connectivity index (χ0) is 11.0. The quantitative estimate of drug-likeness (QED) is 0.508. The third-order valence-electron chi connectivity index (χ3n) is 4.77. The molecule has 0 aromatic carbocycles. The summed E-state index contributed by atoms with van der Waals surface area (Å²) in [5.41, 5.74) is 0.138. The first-order chi connectivity index (χ1) is 7.82. The summed E-state index contributed by atoms with van der Waals surface area (Å²) in [6, 6.07) is 0.174. The minimum absolute atomic E-state index is 0. The Hall–Kier alpha value is -0.120. The second-order valence-electron chi connectivity index (χ2n) is 5.78. The number of quaternary nitrogens is 1. The van der Waals surface area contributed by atoms with Gasteiger partial charge in [0.05, 0.1) is 6.54 Å². The number of halogens is 1. The molecule has 3 nitrogen and oxygen atoms in total. The highest BCUT2D eigenvalue weighted by Gasteiger charge is 2.55. The molecule has 0 aromatic rings. The van der Waals surface area contributed by atoms with Gasteiger partial charge in [-0.05, 0) is 32.1 Å². The largest absolute Gasteiger partial charge is 1.00 e. The van der Waals surface area contributed by atoms with Crippen LogP contribution in [0, 0.1) is 0 Å². The van der Waals surface area contributed by atoms with Gasteiger partial charge in [0, 0.05) is 12.8 Å². The van der Waals surface area contributed by atoms with Crippen molar-refractivity contribution >= 4 is 5.91 Å². The van der Waals surface area contributed by atoms with Gasteiger partial charge >= 0.3 is 5.91 Å². The fraction of sp³-hybridized carbons (Fsp3) is 0.923. The molecular weight excluding hydrogens is 236 g/mol. The maximum absolute atomic E-state index is 12.4. The molecule has 3 rings (SSSR count). The van der Waals surface area contributed by atoms with Crippen LogP contribution in [-0.4, -0.2) is 24.2 Å². The fourth-order valence-electron chi connectivity index (χ4n) is 3.93. The molecule has 17 heavy (non-hydrogen) atoms. The fourth-order valence-corrected chi connectivity index (χ4v) is 3.93. The molecule has 2 N–H and O–H groups in total. The highest BCUT2D eigenvalue weighted by atomic mass is 35.5. The van der Waals surface area contributed by atoms with Crippen LogP contribution in [0.5, 0.6) is 0 Å². The van der Waals surface area contributed by atoms with Gasteiger partial charge in [-0.3, -0.25) is 4.90 Å². The van der Waals surface area contributed by atoms with E-state index in [0.717, 1.165) is 13.0 Å². The molecule has 3 fully saturated rings. The lowest BCUT2D eigenvalue weighted by atomic mass is 9.94. The second-order valence-corrected chi connectivity index (χ2v) is 5.78.